The lowest BCUT2D eigenvalue weighted by atomic mass is 9.97. The van der Waals surface area contributed by atoms with Crippen LogP contribution in [0.5, 0.6) is 5.75 Å². The van der Waals surface area contributed by atoms with E-state index >= 15 is 0 Å². The van der Waals surface area contributed by atoms with Crippen LogP contribution in [-0.2, 0) is 13.0 Å². The van der Waals surface area contributed by atoms with Crippen LogP contribution in [0.3, 0.4) is 0 Å². The summed E-state index contributed by atoms with van der Waals surface area (Å²) < 4.78 is 5.49. The summed E-state index contributed by atoms with van der Waals surface area (Å²) in [6.07, 6.45) is 6.05. The summed E-state index contributed by atoms with van der Waals surface area (Å²) in [6, 6.07) is 4.04. The molecule has 1 N–H and O–H groups in total. The van der Waals surface area contributed by atoms with E-state index < -0.39 is 0 Å². The summed E-state index contributed by atoms with van der Waals surface area (Å²) in [7, 11) is 1.70. The Labute approximate surface area is 143 Å². The number of likely N-dealkylation sites (tertiary alicyclic amines) is 1. The number of aryl methyl sites for hydroxylation is 1. The van der Waals surface area contributed by atoms with Gasteiger partial charge in [0.2, 0.25) is 0 Å². The molecule has 2 aromatic rings. The topological polar surface area (TPSA) is 58.5 Å². The van der Waals surface area contributed by atoms with Crippen LogP contribution < -0.4 is 4.74 Å². The highest BCUT2D eigenvalue weighted by molar-refractivity contribution is 5.41. The fourth-order valence-electron chi connectivity index (χ4n) is 3.54. The molecule has 1 aliphatic rings. The van der Waals surface area contributed by atoms with E-state index in [1.807, 2.05) is 25.3 Å². The number of ether oxygens (including phenoxy) is 1. The molecule has 0 aromatic carbocycles. The zero-order valence-electron chi connectivity index (χ0n) is 14.6. The molecule has 5 nitrogen and oxygen atoms in total. The molecule has 0 spiro atoms. The molecule has 1 saturated heterocycles. The monoisotopic (exact) mass is 327 g/mol. The van der Waals surface area contributed by atoms with Crippen molar-refractivity contribution in [2.24, 2.45) is 5.92 Å². The van der Waals surface area contributed by atoms with Gasteiger partial charge >= 0.3 is 0 Å². The molecule has 1 fully saturated rings. The average Bonchev–Trinajstić information content (AvgIpc) is 2.91. The molecular formula is C19H25N3O2. The van der Waals surface area contributed by atoms with Crippen molar-refractivity contribution >= 4 is 0 Å². The first kappa shape index (κ1) is 16.9. The van der Waals surface area contributed by atoms with Gasteiger partial charge in [-0.15, -0.1) is 0 Å². The number of hydrogen-bond donors (Lipinski definition) is 1. The number of pyridine rings is 2. The van der Waals surface area contributed by atoms with Gasteiger partial charge in [-0.1, -0.05) is 0 Å². The Kier molecular flexibility index (Phi) is 5.11. The minimum Gasteiger partial charge on any atom is -0.496 e. The third-order valence-electron chi connectivity index (χ3n) is 4.85. The standard InChI is InChI=1S/C19H25N3O2/c1-13-9-21-17(14(2)19(13)24-3)11-22-10-16(18(23)12-22)8-15-4-6-20-7-5-15/h4-7,9,16,18,23H,8,10-12H2,1-3H3/t16-,18+/m1/s1. The predicted octanol–water partition coefficient (Wildman–Crippen LogP) is 2.14. The number of nitrogens with zero attached hydrogens (tertiary/aromatic N) is 3. The minimum atomic E-state index is -0.300. The quantitative estimate of drug-likeness (QED) is 0.912. The molecule has 0 amide bonds. The highest BCUT2D eigenvalue weighted by Gasteiger charge is 2.31. The molecule has 0 unspecified atom stereocenters. The van der Waals surface area contributed by atoms with E-state index in [9.17, 15) is 5.11 Å². The molecule has 0 bridgehead atoms. The fourth-order valence-corrected chi connectivity index (χ4v) is 3.54. The van der Waals surface area contributed by atoms with Gasteiger partial charge < -0.3 is 9.84 Å². The second-order valence-electron chi connectivity index (χ2n) is 6.63. The van der Waals surface area contributed by atoms with E-state index in [2.05, 4.69) is 21.8 Å². The van der Waals surface area contributed by atoms with Crippen LogP contribution in [0, 0.1) is 19.8 Å². The highest BCUT2D eigenvalue weighted by Crippen LogP contribution is 2.27. The van der Waals surface area contributed by atoms with Gasteiger partial charge in [-0.2, -0.15) is 0 Å². The van der Waals surface area contributed by atoms with Gasteiger partial charge in [0.05, 0.1) is 18.9 Å². The number of aromatic nitrogens is 2. The van der Waals surface area contributed by atoms with E-state index in [0.29, 0.717) is 6.54 Å². The maximum Gasteiger partial charge on any atom is 0.128 e. The molecule has 2 aromatic heterocycles. The normalized spacial score (nSPS) is 21.2. The molecule has 0 saturated carbocycles. The van der Waals surface area contributed by atoms with Crippen LogP contribution in [0.15, 0.2) is 30.7 Å². The van der Waals surface area contributed by atoms with Gasteiger partial charge in [-0.3, -0.25) is 14.9 Å². The third-order valence-corrected chi connectivity index (χ3v) is 4.85. The molecule has 2 atom stereocenters. The summed E-state index contributed by atoms with van der Waals surface area (Å²) in [4.78, 5) is 10.9. The Bertz CT molecular complexity index is 691. The number of hydrogen-bond acceptors (Lipinski definition) is 5. The Balaban J connectivity index is 1.67. The molecule has 5 heteroatoms. The molecule has 0 aliphatic carbocycles. The number of methoxy groups -OCH3 is 1. The van der Waals surface area contributed by atoms with Gasteiger partial charge in [0.1, 0.15) is 5.75 Å². The maximum absolute atomic E-state index is 10.4. The first-order valence-corrected chi connectivity index (χ1v) is 8.37. The molecule has 3 rings (SSSR count). The average molecular weight is 327 g/mol. The first-order chi connectivity index (χ1) is 11.6. The second kappa shape index (κ2) is 7.28. The Hall–Kier alpha value is -1.98. The summed E-state index contributed by atoms with van der Waals surface area (Å²) in [5.74, 6) is 1.16. The molecule has 1 aliphatic heterocycles. The number of aliphatic hydroxyl groups is 1. The Morgan fingerprint density at radius 2 is 2.00 bits per heavy atom. The zero-order chi connectivity index (χ0) is 17.1. The molecule has 128 valence electrons. The van der Waals surface area contributed by atoms with Crippen molar-refractivity contribution in [1.82, 2.24) is 14.9 Å². The van der Waals surface area contributed by atoms with Crippen molar-refractivity contribution in [2.75, 3.05) is 20.2 Å². The van der Waals surface area contributed by atoms with Gasteiger partial charge in [0.15, 0.2) is 0 Å². The van der Waals surface area contributed by atoms with Gasteiger partial charge in [-0.25, -0.2) is 0 Å². The van der Waals surface area contributed by atoms with E-state index in [4.69, 9.17) is 4.74 Å². The summed E-state index contributed by atoms with van der Waals surface area (Å²) >= 11 is 0. The van der Waals surface area contributed by atoms with Gasteiger partial charge in [0, 0.05) is 55.3 Å². The largest absolute Gasteiger partial charge is 0.496 e. The van der Waals surface area contributed by atoms with Crippen molar-refractivity contribution in [1.29, 1.82) is 0 Å². The molecule has 3 heterocycles. The molecule has 0 radical (unpaired) electrons. The van der Waals surface area contributed by atoms with Crippen LogP contribution in [0.4, 0.5) is 0 Å². The maximum atomic E-state index is 10.4. The van der Waals surface area contributed by atoms with Crippen molar-refractivity contribution in [3.05, 3.63) is 53.1 Å². The Morgan fingerprint density at radius 3 is 2.71 bits per heavy atom. The SMILES string of the molecule is COc1c(C)cnc(CN2C[C@@H](Cc3ccncc3)[C@@H](O)C2)c1C. The Morgan fingerprint density at radius 1 is 1.25 bits per heavy atom. The lowest BCUT2D eigenvalue weighted by Gasteiger charge is -2.18. The minimum absolute atomic E-state index is 0.250. The summed E-state index contributed by atoms with van der Waals surface area (Å²) in [5, 5.41) is 10.4. The van der Waals surface area contributed by atoms with E-state index in [1.165, 1.54) is 5.56 Å². The predicted molar refractivity (Wildman–Crippen MR) is 93.0 cm³/mol. The number of aliphatic hydroxyl groups excluding tert-OH is 1. The van der Waals surface area contributed by atoms with Gasteiger partial charge in [-0.05, 0) is 38.0 Å². The summed E-state index contributed by atoms with van der Waals surface area (Å²) in [5.41, 5.74) is 4.39. The smallest absolute Gasteiger partial charge is 0.128 e. The van der Waals surface area contributed by atoms with Gasteiger partial charge in [0.25, 0.3) is 0 Å². The second-order valence-corrected chi connectivity index (χ2v) is 6.63. The number of β-amino-alcohol motifs (C(OH)–C–C–N with tert-alkyl or cyclic N) is 1. The van der Waals surface area contributed by atoms with Crippen LogP contribution in [0.25, 0.3) is 0 Å². The molecule has 24 heavy (non-hydrogen) atoms. The van der Waals surface area contributed by atoms with Crippen LogP contribution in [0.1, 0.15) is 22.4 Å². The third kappa shape index (κ3) is 3.57. The highest BCUT2D eigenvalue weighted by atomic mass is 16.5. The van der Waals surface area contributed by atoms with E-state index in [-0.39, 0.29) is 12.0 Å². The fraction of sp³-hybridized carbons (Fsp3) is 0.474. The van der Waals surface area contributed by atoms with E-state index in [1.54, 1.807) is 19.5 Å². The van der Waals surface area contributed by atoms with Crippen molar-refractivity contribution in [3.63, 3.8) is 0 Å². The summed E-state index contributed by atoms with van der Waals surface area (Å²) in [6.45, 7) is 6.36. The van der Waals surface area contributed by atoms with Crippen LogP contribution in [-0.4, -0.2) is 46.3 Å². The molecular weight excluding hydrogens is 302 g/mol. The van der Waals surface area contributed by atoms with E-state index in [0.717, 1.165) is 42.1 Å². The lowest BCUT2D eigenvalue weighted by Crippen LogP contribution is -2.22. The van der Waals surface area contributed by atoms with Crippen molar-refractivity contribution < 1.29 is 9.84 Å². The van der Waals surface area contributed by atoms with Crippen molar-refractivity contribution in [3.8, 4) is 5.75 Å². The van der Waals surface area contributed by atoms with Crippen molar-refractivity contribution in [2.45, 2.75) is 32.9 Å². The van der Waals surface area contributed by atoms with Crippen LogP contribution >= 0.6 is 0 Å². The zero-order valence-corrected chi connectivity index (χ0v) is 14.6. The first-order valence-electron chi connectivity index (χ1n) is 8.37. The lowest BCUT2D eigenvalue weighted by molar-refractivity contribution is 0.141. The van der Waals surface area contributed by atoms with Crippen LogP contribution in [0.2, 0.25) is 0 Å². The number of rotatable bonds is 5.